The van der Waals surface area contributed by atoms with E-state index in [1.807, 2.05) is 0 Å². The molecule has 0 radical (unpaired) electrons. The second-order valence-corrected chi connectivity index (χ2v) is 2.59. The molecule has 15 heavy (non-hydrogen) atoms. The van der Waals surface area contributed by atoms with Gasteiger partial charge in [0.2, 0.25) is 5.78 Å². The molecule has 0 saturated heterocycles. The van der Waals surface area contributed by atoms with Gasteiger partial charge in [0.1, 0.15) is 0 Å². The molecule has 0 saturated carbocycles. The van der Waals surface area contributed by atoms with E-state index < -0.39 is 36.6 Å². The summed E-state index contributed by atoms with van der Waals surface area (Å²) in [5.41, 5.74) is 0. The van der Waals surface area contributed by atoms with Crippen molar-refractivity contribution in [3.63, 3.8) is 0 Å². The van der Waals surface area contributed by atoms with Crippen LogP contribution in [0.3, 0.4) is 0 Å². The number of esters is 1. The van der Waals surface area contributed by atoms with Crippen LogP contribution in [0.1, 0.15) is 19.8 Å². The first-order chi connectivity index (χ1) is 6.78. The molecule has 0 aromatic carbocycles. The van der Waals surface area contributed by atoms with Crippen LogP contribution in [0.25, 0.3) is 0 Å². The SMILES string of the molecule is CCOC(=O)C(=O)C(=O)CCC(F)(F)F. The fourth-order valence-electron chi connectivity index (χ4n) is 0.679. The zero-order valence-corrected chi connectivity index (χ0v) is 7.89. The molecule has 86 valence electrons. The zero-order chi connectivity index (χ0) is 12.1. The normalized spacial score (nSPS) is 10.9. The van der Waals surface area contributed by atoms with Gasteiger partial charge >= 0.3 is 17.9 Å². The fraction of sp³-hybridized carbons (Fsp3) is 0.625. The molecule has 0 aromatic heterocycles. The van der Waals surface area contributed by atoms with Crippen LogP contribution >= 0.6 is 0 Å². The van der Waals surface area contributed by atoms with E-state index in [0.29, 0.717) is 0 Å². The van der Waals surface area contributed by atoms with Crippen LogP contribution in [0.2, 0.25) is 0 Å². The molecular formula is C8H9F3O4. The number of alkyl halides is 3. The number of carbonyl (C=O) groups is 3. The van der Waals surface area contributed by atoms with E-state index in [-0.39, 0.29) is 6.61 Å². The number of ketones is 2. The summed E-state index contributed by atoms with van der Waals surface area (Å²) >= 11 is 0. The number of ether oxygens (including phenoxy) is 1. The third-order valence-electron chi connectivity index (χ3n) is 1.35. The van der Waals surface area contributed by atoms with Gasteiger partial charge < -0.3 is 4.74 Å². The van der Waals surface area contributed by atoms with E-state index in [1.165, 1.54) is 6.92 Å². The lowest BCUT2D eigenvalue weighted by molar-refractivity contribution is -0.159. The van der Waals surface area contributed by atoms with Crippen LogP contribution in [-0.4, -0.2) is 30.3 Å². The molecule has 0 heterocycles. The summed E-state index contributed by atoms with van der Waals surface area (Å²) in [6.07, 6.45) is -6.97. The average Bonchev–Trinajstić information content (AvgIpc) is 2.12. The third kappa shape index (κ3) is 5.82. The second kappa shape index (κ2) is 5.47. The number of hydrogen-bond acceptors (Lipinski definition) is 4. The minimum atomic E-state index is -4.52. The molecule has 0 spiro atoms. The van der Waals surface area contributed by atoms with Gasteiger partial charge in [-0.1, -0.05) is 0 Å². The first kappa shape index (κ1) is 13.6. The van der Waals surface area contributed by atoms with Gasteiger partial charge in [0.05, 0.1) is 13.0 Å². The van der Waals surface area contributed by atoms with Crippen LogP contribution in [0.5, 0.6) is 0 Å². The van der Waals surface area contributed by atoms with E-state index >= 15 is 0 Å². The highest BCUT2D eigenvalue weighted by Gasteiger charge is 2.31. The number of halogens is 3. The van der Waals surface area contributed by atoms with Crippen LogP contribution in [0.15, 0.2) is 0 Å². The van der Waals surface area contributed by atoms with Gasteiger partial charge in [-0.15, -0.1) is 0 Å². The van der Waals surface area contributed by atoms with Crippen molar-refractivity contribution in [2.45, 2.75) is 25.9 Å². The predicted octanol–water partition coefficient (Wildman–Crippen LogP) is 1.03. The largest absolute Gasteiger partial charge is 0.460 e. The molecule has 4 nitrogen and oxygen atoms in total. The quantitative estimate of drug-likeness (QED) is 0.399. The Labute approximate surface area is 83.4 Å². The summed E-state index contributed by atoms with van der Waals surface area (Å²) in [4.78, 5) is 32.1. The number of carbonyl (C=O) groups excluding carboxylic acids is 3. The van der Waals surface area contributed by atoms with Crippen molar-refractivity contribution in [3.05, 3.63) is 0 Å². The minimum absolute atomic E-state index is 0.114. The maximum Gasteiger partial charge on any atom is 0.389 e. The molecule has 0 atom stereocenters. The molecule has 0 aromatic rings. The summed E-state index contributed by atoms with van der Waals surface area (Å²) in [6.45, 7) is 1.29. The fourth-order valence-corrected chi connectivity index (χ4v) is 0.679. The molecule has 0 bridgehead atoms. The van der Waals surface area contributed by atoms with Crippen molar-refractivity contribution in [2.24, 2.45) is 0 Å². The van der Waals surface area contributed by atoms with Gasteiger partial charge in [-0.2, -0.15) is 13.2 Å². The van der Waals surface area contributed by atoms with Crippen LogP contribution < -0.4 is 0 Å². The summed E-state index contributed by atoms with van der Waals surface area (Å²) in [5.74, 6) is -4.34. The Balaban J connectivity index is 4.12. The minimum Gasteiger partial charge on any atom is -0.460 e. The Bertz CT molecular complexity index is 270. The van der Waals surface area contributed by atoms with Gasteiger partial charge in [-0.25, -0.2) is 4.79 Å². The third-order valence-corrected chi connectivity index (χ3v) is 1.35. The van der Waals surface area contributed by atoms with Crippen LogP contribution in [0.4, 0.5) is 13.2 Å². The van der Waals surface area contributed by atoms with Crippen molar-refractivity contribution in [2.75, 3.05) is 6.61 Å². The monoisotopic (exact) mass is 226 g/mol. The Kier molecular flexibility index (Phi) is 4.96. The smallest absolute Gasteiger partial charge is 0.389 e. The Morgan fingerprint density at radius 1 is 1.20 bits per heavy atom. The summed E-state index contributed by atoms with van der Waals surface area (Å²) in [7, 11) is 0. The zero-order valence-electron chi connectivity index (χ0n) is 7.89. The van der Waals surface area contributed by atoms with Gasteiger partial charge in [-0.3, -0.25) is 9.59 Å². The predicted molar refractivity (Wildman–Crippen MR) is 41.9 cm³/mol. The molecule has 0 aliphatic heterocycles. The highest BCUT2D eigenvalue weighted by molar-refractivity contribution is 6.62. The molecular weight excluding hydrogens is 217 g/mol. The molecule has 0 unspecified atom stereocenters. The lowest BCUT2D eigenvalue weighted by Gasteiger charge is -2.04. The summed E-state index contributed by atoms with van der Waals surface area (Å²) in [6, 6.07) is 0. The molecule has 0 fully saturated rings. The van der Waals surface area contributed by atoms with Gasteiger partial charge in [-0.05, 0) is 6.92 Å². The van der Waals surface area contributed by atoms with Gasteiger partial charge in [0.15, 0.2) is 0 Å². The van der Waals surface area contributed by atoms with Crippen molar-refractivity contribution < 1.29 is 32.3 Å². The number of Topliss-reactive ketones (excluding diaryl/α,β-unsaturated/α-hetero) is 2. The van der Waals surface area contributed by atoms with Crippen LogP contribution in [0, 0.1) is 0 Å². The van der Waals surface area contributed by atoms with E-state index in [0.717, 1.165) is 0 Å². The van der Waals surface area contributed by atoms with Crippen LogP contribution in [-0.2, 0) is 19.1 Å². The maximum absolute atomic E-state index is 11.6. The lowest BCUT2D eigenvalue weighted by Crippen LogP contribution is -2.27. The highest BCUT2D eigenvalue weighted by atomic mass is 19.4. The first-order valence-corrected chi connectivity index (χ1v) is 4.09. The van der Waals surface area contributed by atoms with Gasteiger partial charge in [0, 0.05) is 6.42 Å². The molecule has 0 aliphatic carbocycles. The topological polar surface area (TPSA) is 60.4 Å². The summed E-state index contributed by atoms with van der Waals surface area (Å²) in [5, 5.41) is 0. The van der Waals surface area contributed by atoms with E-state index in [1.54, 1.807) is 0 Å². The second-order valence-electron chi connectivity index (χ2n) is 2.59. The molecule has 0 rings (SSSR count). The molecule has 0 N–H and O–H groups in total. The summed E-state index contributed by atoms with van der Waals surface area (Å²) < 4.78 is 39.1. The Morgan fingerprint density at radius 3 is 2.13 bits per heavy atom. The standard InChI is InChI=1S/C8H9F3O4/c1-2-15-7(14)6(13)5(12)3-4-8(9,10)11/h2-4H2,1H3. The lowest BCUT2D eigenvalue weighted by atomic mass is 10.1. The Hall–Kier alpha value is -1.40. The first-order valence-electron chi connectivity index (χ1n) is 4.09. The maximum atomic E-state index is 11.6. The van der Waals surface area contributed by atoms with E-state index in [9.17, 15) is 27.6 Å². The number of hydrogen-bond donors (Lipinski definition) is 0. The molecule has 0 aliphatic rings. The molecule has 7 heteroatoms. The Morgan fingerprint density at radius 2 is 1.73 bits per heavy atom. The van der Waals surface area contributed by atoms with E-state index in [2.05, 4.69) is 4.74 Å². The molecule has 0 amide bonds. The van der Waals surface area contributed by atoms with Crippen molar-refractivity contribution in [1.29, 1.82) is 0 Å². The van der Waals surface area contributed by atoms with E-state index in [4.69, 9.17) is 0 Å². The van der Waals surface area contributed by atoms with Crippen molar-refractivity contribution >= 4 is 17.5 Å². The number of rotatable bonds is 5. The average molecular weight is 226 g/mol. The van der Waals surface area contributed by atoms with Crippen molar-refractivity contribution in [3.8, 4) is 0 Å². The van der Waals surface area contributed by atoms with Gasteiger partial charge in [0.25, 0.3) is 0 Å². The van der Waals surface area contributed by atoms with Crippen molar-refractivity contribution in [1.82, 2.24) is 0 Å². The highest BCUT2D eigenvalue weighted by Crippen LogP contribution is 2.21.